The summed E-state index contributed by atoms with van der Waals surface area (Å²) in [5, 5.41) is 12.2. The predicted octanol–water partition coefficient (Wildman–Crippen LogP) is 20.0. The van der Waals surface area contributed by atoms with Gasteiger partial charge in [-0.05, 0) is 155 Å². The van der Waals surface area contributed by atoms with Crippen LogP contribution < -0.4 is 14.5 Å². The van der Waals surface area contributed by atoms with Gasteiger partial charge in [0, 0.05) is 26.6 Å². The Labute approximate surface area is 421 Å². The van der Waals surface area contributed by atoms with E-state index in [1.54, 1.807) is 0 Å². The van der Waals surface area contributed by atoms with Crippen molar-refractivity contribution >= 4 is 99.7 Å². The maximum Gasteiger partial charge on any atom is 0.159 e. The average Bonchev–Trinajstić information content (AvgIpc) is 3.45. The maximum absolute atomic E-state index is 7.03. The highest BCUT2D eigenvalue weighted by molar-refractivity contribution is 7.99. The summed E-state index contributed by atoms with van der Waals surface area (Å²) in [6.07, 6.45) is 0. The van der Waals surface area contributed by atoms with Crippen molar-refractivity contribution in [1.29, 1.82) is 0 Å². The minimum Gasteiger partial charge on any atom is -0.452 e. The second-order valence-electron chi connectivity index (χ2n) is 18.9. The predicted molar refractivity (Wildman–Crippen MR) is 304 cm³/mol. The van der Waals surface area contributed by atoms with E-state index in [1.807, 2.05) is 11.8 Å². The minimum atomic E-state index is 0.813. The second-order valence-corrected chi connectivity index (χ2v) is 19.9. The monoisotopic (exact) mass is 934 g/mol. The summed E-state index contributed by atoms with van der Waals surface area (Å²) in [5.41, 5.74) is 13.4. The molecule has 336 valence electrons. The molecule has 0 atom stereocenters. The van der Waals surface area contributed by atoms with Crippen LogP contribution in [0.3, 0.4) is 0 Å². The van der Waals surface area contributed by atoms with Crippen molar-refractivity contribution < 1.29 is 4.74 Å². The summed E-state index contributed by atoms with van der Waals surface area (Å²) in [4.78, 5) is 7.33. The van der Waals surface area contributed by atoms with Gasteiger partial charge in [0.1, 0.15) is 0 Å². The molecule has 13 aromatic carbocycles. The Morgan fingerprint density at radius 2 is 0.792 bits per heavy atom. The van der Waals surface area contributed by atoms with Gasteiger partial charge in [0.05, 0.1) is 22.7 Å². The van der Waals surface area contributed by atoms with Crippen molar-refractivity contribution in [2.24, 2.45) is 0 Å². The fourth-order valence-electron chi connectivity index (χ4n) is 11.3. The first-order chi connectivity index (χ1) is 35.7. The molecular formula is C68H42N2OS. The Morgan fingerprint density at radius 1 is 0.264 bits per heavy atom. The molecular weight excluding hydrogens is 893 g/mol. The van der Waals surface area contributed by atoms with Gasteiger partial charge in [0.25, 0.3) is 0 Å². The Balaban J connectivity index is 0.927. The van der Waals surface area contributed by atoms with Crippen molar-refractivity contribution in [2.75, 3.05) is 9.80 Å². The Morgan fingerprint density at radius 3 is 1.47 bits per heavy atom. The summed E-state index contributed by atoms with van der Waals surface area (Å²) in [6, 6.07) is 93.2. The number of anilines is 6. The number of rotatable bonds is 5. The number of benzene rings is 13. The van der Waals surface area contributed by atoms with E-state index in [2.05, 4.69) is 265 Å². The molecule has 0 unspecified atom stereocenters. The third-order valence-electron chi connectivity index (χ3n) is 14.7. The van der Waals surface area contributed by atoms with Crippen molar-refractivity contribution in [2.45, 2.75) is 9.79 Å². The smallest absolute Gasteiger partial charge is 0.159 e. The van der Waals surface area contributed by atoms with Crippen LogP contribution in [0.25, 0.3) is 87.2 Å². The fourth-order valence-corrected chi connectivity index (χ4v) is 12.4. The van der Waals surface area contributed by atoms with E-state index in [1.165, 1.54) is 75.1 Å². The van der Waals surface area contributed by atoms with Gasteiger partial charge < -0.3 is 14.5 Å². The molecule has 0 fully saturated rings. The lowest BCUT2D eigenvalue weighted by Gasteiger charge is -2.35. The highest BCUT2D eigenvalue weighted by atomic mass is 32.2. The van der Waals surface area contributed by atoms with Crippen LogP contribution in [0.2, 0.25) is 0 Å². The molecule has 13 aromatic rings. The first-order valence-electron chi connectivity index (χ1n) is 24.6. The molecule has 2 aliphatic rings. The largest absolute Gasteiger partial charge is 0.452 e. The van der Waals surface area contributed by atoms with Gasteiger partial charge in [-0.2, -0.15) is 0 Å². The molecule has 0 amide bonds. The molecule has 0 aliphatic carbocycles. The van der Waals surface area contributed by atoms with Crippen molar-refractivity contribution in [3.63, 3.8) is 0 Å². The third kappa shape index (κ3) is 6.53. The molecule has 0 radical (unpaired) electrons. The van der Waals surface area contributed by atoms with Gasteiger partial charge in [-0.25, -0.2) is 0 Å². The maximum atomic E-state index is 7.03. The Bertz CT molecular complexity index is 4260. The number of hydrogen-bond donors (Lipinski definition) is 0. The fraction of sp³-hybridized carbons (Fsp3) is 0. The van der Waals surface area contributed by atoms with Crippen LogP contribution in [0.15, 0.2) is 265 Å². The lowest BCUT2D eigenvalue weighted by atomic mass is 9.93. The van der Waals surface area contributed by atoms with E-state index in [4.69, 9.17) is 4.74 Å². The topological polar surface area (TPSA) is 15.7 Å². The molecule has 72 heavy (non-hydrogen) atoms. The Hall–Kier alpha value is -9.09. The molecule has 0 bridgehead atoms. The summed E-state index contributed by atoms with van der Waals surface area (Å²) in [7, 11) is 0. The number of nitrogens with zero attached hydrogens (tertiary/aromatic N) is 2. The van der Waals surface area contributed by atoms with Crippen LogP contribution in [-0.2, 0) is 0 Å². The molecule has 3 nitrogen and oxygen atoms in total. The van der Waals surface area contributed by atoms with Gasteiger partial charge in [0.15, 0.2) is 11.5 Å². The normalized spacial score (nSPS) is 12.7. The second kappa shape index (κ2) is 16.2. The number of fused-ring (bicyclic) bond motifs is 13. The SMILES string of the molecule is c1ccc(-c2cc(-c3ccccc3)cc(N3c4cc(-c5ccc6c(c5)N(c5ccc7c8ccccc8c8ccccc8c7c5)c5ccc7ccccc7c5O6)ccc4Sc4cc5ccccc5cc43)c2)cc1. The molecule has 4 heteroatoms. The van der Waals surface area contributed by atoms with Crippen molar-refractivity contribution in [3.8, 4) is 44.9 Å². The van der Waals surface area contributed by atoms with Gasteiger partial charge in [-0.1, -0.05) is 194 Å². The third-order valence-corrected chi connectivity index (χ3v) is 15.8. The van der Waals surface area contributed by atoms with Crippen molar-refractivity contribution in [1.82, 2.24) is 0 Å². The van der Waals surface area contributed by atoms with Crippen LogP contribution in [0.4, 0.5) is 34.1 Å². The van der Waals surface area contributed by atoms with Crippen LogP contribution in [0.5, 0.6) is 11.5 Å². The summed E-state index contributed by atoms with van der Waals surface area (Å²) >= 11 is 1.85. The van der Waals surface area contributed by atoms with E-state index in [-0.39, 0.29) is 0 Å². The molecule has 0 saturated heterocycles. The number of hydrogen-bond acceptors (Lipinski definition) is 4. The zero-order valence-electron chi connectivity index (χ0n) is 39.0. The summed E-state index contributed by atoms with van der Waals surface area (Å²) in [6.45, 7) is 0. The summed E-state index contributed by atoms with van der Waals surface area (Å²) < 4.78 is 7.03. The first-order valence-corrected chi connectivity index (χ1v) is 25.4. The van der Waals surface area contributed by atoms with Gasteiger partial charge in [-0.3, -0.25) is 0 Å². The highest BCUT2D eigenvalue weighted by Crippen LogP contribution is 2.57. The van der Waals surface area contributed by atoms with E-state index in [0.29, 0.717) is 0 Å². The molecule has 0 saturated carbocycles. The van der Waals surface area contributed by atoms with Gasteiger partial charge in [0.2, 0.25) is 0 Å². The van der Waals surface area contributed by atoms with Crippen LogP contribution in [-0.4, -0.2) is 0 Å². The molecule has 0 spiro atoms. The lowest BCUT2D eigenvalue weighted by molar-refractivity contribution is 0.482. The quantitative estimate of drug-likeness (QED) is 0.160. The average molecular weight is 935 g/mol. The molecule has 0 N–H and O–H groups in total. The van der Waals surface area contributed by atoms with Crippen LogP contribution in [0, 0.1) is 0 Å². The Kier molecular flexibility index (Phi) is 9.20. The minimum absolute atomic E-state index is 0.813. The first kappa shape index (κ1) is 40.8. The van der Waals surface area contributed by atoms with Crippen LogP contribution in [0.1, 0.15) is 0 Å². The van der Waals surface area contributed by atoms with E-state index in [0.717, 1.165) is 67.5 Å². The lowest BCUT2D eigenvalue weighted by Crippen LogP contribution is -2.16. The molecule has 15 rings (SSSR count). The van der Waals surface area contributed by atoms with Crippen LogP contribution >= 0.6 is 11.8 Å². The number of ether oxygens (including phenoxy) is 1. The highest BCUT2D eigenvalue weighted by Gasteiger charge is 2.31. The zero-order chi connectivity index (χ0) is 47.3. The zero-order valence-corrected chi connectivity index (χ0v) is 39.8. The molecule has 2 aliphatic heterocycles. The molecule has 2 heterocycles. The van der Waals surface area contributed by atoms with Crippen molar-refractivity contribution in [3.05, 3.63) is 255 Å². The standard InChI is InChI=1S/C68H42N2OS/c1-3-15-43(16-4-1)50-35-51(44-17-5-2-6-18-44)37-53(36-50)70-63-40-49(29-34-66(63)72-67-41-47-21-8-7-20-46(47)39-64(67)70)48-28-33-65-62(38-48)69(61-32-27-45-19-9-10-22-54(45)68(61)71-65)52-30-31-59-57-25-12-11-23-55(57)56-24-13-14-26-58(56)60(59)42-52/h1-42H. The van der Waals surface area contributed by atoms with E-state index in [9.17, 15) is 0 Å². The van der Waals surface area contributed by atoms with E-state index < -0.39 is 0 Å². The van der Waals surface area contributed by atoms with Gasteiger partial charge in [-0.15, -0.1) is 0 Å². The summed E-state index contributed by atoms with van der Waals surface area (Å²) in [5.74, 6) is 1.67. The molecule has 0 aromatic heterocycles. The van der Waals surface area contributed by atoms with Gasteiger partial charge >= 0.3 is 0 Å². The van der Waals surface area contributed by atoms with E-state index >= 15 is 0 Å².